The average Bonchev–Trinajstić information content (AvgIpc) is 2.73. The van der Waals surface area contributed by atoms with Crippen molar-refractivity contribution in [1.82, 2.24) is 4.98 Å². The van der Waals surface area contributed by atoms with Crippen LogP contribution in [0.5, 0.6) is 0 Å². The molecule has 0 saturated heterocycles. The summed E-state index contributed by atoms with van der Waals surface area (Å²) in [4.78, 5) is 14.4. The van der Waals surface area contributed by atoms with E-state index in [1.54, 1.807) is 0 Å². The van der Waals surface area contributed by atoms with E-state index in [1.807, 2.05) is 51.1 Å². The molecule has 0 aliphatic carbocycles. The highest BCUT2D eigenvalue weighted by Crippen LogP contribution is 2.14. The summed E-state index contributed by atoms with van der Waals surface area (Å²) in [6.45, 7) is 6.24. The minimum atomic E-state index is -0.191. The van der Waals surface area contributed by atoms with Crippen LogP contribution < -0.4 is 0 Å². The van der Waals surface area contributed by atoms with Gasteiger partial charge in [0.1, 0.15) is 0 Å². The van der Waals surface area contributed by atoms with Crippen LogP contribution in [0.25, 0.3) is 10.9 Å². The third-order valence-electron chi connectivity index (χ3n) is 2.23. The Bertz CT molecular complexity index is 441. The predicted octanol–water partition coefficient (Wildman–Crippen LogP) is 3.30. The van der Waals surface area contributed by atoms with Crippen molar-refractivity contribution in [2.75, 3.05) is 6.61 Å². The molecular weight excluding hydrogens is 214 g/mol. The third-order valence-corrected chi connectivity index (χ3v) is 2.23. The Labute approximate surface area is 102 Å². The van der Waals surface area contributed by atoms with Crippen LogP contribution in [0.1, 0.15) is 26.5 Å². The highest BCUT2D eigenvalue weighted by atomic mass is 16.5. The number of hydrogen-bond acceptors (Lipinski definition) is 2. The number of aromatic amines is 1. The first-order chi connectivity index (χ1) is 8.29. The summed E-state index contributed by atoms with van der Waals surface area (Å²) in [7, 11) is 0. The molecule has 0 aliphatic heterocycles. The standard InChI is InChI=1S/C12H13NO2.C2H6/c1-2-15-12(14)8-10-7-9-5-3-4-6-11(9)13-10;1-2/h3-7,13H,2,8H2,1H3;1-2H3. The van der Waals surface area contributed by atoms with Gasteiger partial charge in [0.25, 0.3) is 0 Å². The van der Waals surface area contributed by atoms with E-state index >= 15 is 0 Å². The predicted molar refractivity (Wildman–Crippen MR) is 70.0 cm³/mol. The maximum atomic E-state index is 11.2. The van der Waals surface area contributed by atoms with Gasteiger partial charge in [0.2, 0.25) is 0 Å². The topological polar surface area (TPSA) is 42.1 Å². The Morgan fingerprint density at radius 1 is 1.29 bits per heavy atom. The molecule has 2 rings (SSSR count). The molecule has 3 heteroatoms. The molecule has 1 heterocycles. The van der Waals surface area contributed by atoms with Crippen molar-refractivity contribution >= 4 is 16.9 Å². The molecule has 1 aromatic heterocycles. The molecule has 0 bridgehead atoms. The summed E-state index contributed by atoms with van der Waals surface area (Å²) >= 11 is 0. The van der Waals surface area contributed by atoms with Gasteiger partial charge in [-0.1, -0.05) is 32.0 Å². The van der Waals surface area contributed by atoms with Gasteiger partial charge in [-0.05, 0) is 24.4 Å². The van der Waals surface area contributed by atoms with Gasteiger partial charge in [-0.25, -0.2) is 0 Å². The highest BCUT2D eigenvalue weighted by molar-refractivity contribution is 5.82. The van der Waals surface area contributed by atoms with Crippen LogP contribution in [0.2, 0.25) is 0 Å². The van der Waals surface area contributed by atoms with E-state index in [0.29, 0.717) is 13.0 Å². The Morgan fingerprint density at radius 3 is 2.65 bits per heavy atom. The van der Waals surface area contributed by atoms with Crippen LogP contribution in [0.15, 0.2) is 30.3 Å². The largest absolute Gasteiger partial charge is 0.466 e. The van der Waals surface area contributed by atoms with Crippen LogP contribution in [-0.4, -0.2) is 17.6 Å². The van der Waals surface area contributed by atoms with Gasteiger partial charge in [0.15, 0.2) is 0 Å². The van der Waals surface area contributed by atoms with Gasteiger partial charge >= 0.3 is 5.97 Å². The van der Waals surface area contributed by atoms with E-state index in [1.165, 1.54) is 0 Å². The monoisotopic (exact) mass is 233 g/mol. The third kappa shape index (κ3) is 3.63. The zero-order chi connectivity index (χ0) is 12.7. The van der Waals surface area contributed by atoms with Crippen molar-refractivity contribution in [1.29, 1.82) is 0 Å². The molecule has 92 valence electrons. The van der Waals surface area contributed by atoms with E-state index in [-0.39, 0.29) is 5.97 Å². The van der Waals surface area contributed by atoms with Gasteiger partial charge < -0.3 is 9.72 Å². The number of H-pyrrole nitrogens is 1. The molecule has 17 heavy (non-hydrogen) atoms. The molecule has 0 aliphatic rings. The lowest BCUT2D eigenvalue weighted by atomic mass is 10.2. The van der Waals surface area contributed by atoms with Crippen molar-refractivity contribution in [3.05, 3.63) is 36.0 Å². The Kier molecular flexibility index (Phi) is 5.27. The molecule has 0 saturated carbocycles. The molecule has 0 unspecified atom stereocenters. The summed E-state index contributed by atoms with van der Waals surface area (Å²) in [5, 5.41) is 1.12. The molecule has 0 spiro atoms. The summed E-state index contributed by atoms with van der Waals surface area (Å²) < 4.78 is 4.88. The summed E-state index contributed by atoms with van der Waals surface area (Å²) in [6.07, 6.45) is 0.308. The number of nitrogens with one attached hydrogen (secondary N) is 1. The second-order valence-corrected chi connectivity index (χ2v) is 3.36. The number of carbonyl (C=O) groups is 1. The number of esters is 1. The maximum absolute atomic E-state index is 11.2. The Hall–Kier alpha value is -1.77. The van der Waals surface area contributed by atoms with E-state index < -0.39 is 0 Å². The smallest absolute Gasteiger partial charge is 0.311 e. The number of carbonyl (C=O) groups excluding carboxylic acids is 1. The van der Waals surface area contributed by atoms with Crippen LogP contribution >= 0.6 is 0 Å². The summed E-state index contributed by atoms with van der Waals surface area (Å²) in [5.74, 6) is -0.191. The fraction of sp³-hybridized carbons (Fsp3) is 0.357. The SMILES string of the molecule is CC.CCOC(=O)Cc1cc2ccccc2[nH]1. The zero-order valence-corrected chi connectivity index (χ0v) is 10.6. The minimum Gasteiger partial charge on any atom is -0.466 e. The zero-order valence-electron chi connectivity index (χ0n) is 10.6. The number of rotatable bonds is 3. The number of ether oxygens (including phenoxy) is 1. The van der Waals surface area contributed by atoms with Gasteiger partial charge in [-0.3, -0.25) is 4.79 Å². The minimum absolute atomic E-state index is 0.191. The maximum Gasteiger partial charge on any atom is 0.311 e. The lowest BCUT2D eigenvalue weighted by Crippen LogP contribution is -2.07. The molecule has 3 nitrogen and oxygen atoms in total. The van der Waals surface area contributed by atoms with Crippen molar-refractivity contribution in [3.63, 3.8) is 0 Å². The number of fused-ring (bicyclic) bond motifs is 1. The number of benzene rings is 1. The van der Waals surface area contributed by atoms with E-state index in [2.05, 4.69) is 4.98 Å². The van der Waals surface area contributed by atoms with Gasteiger partial charge in [-0.2, -0.15) is 0 Å². The van der Waals surface area contributed by atoms with Crippen molar-refractivity contribution in [3.8, 4) is 0 Å². The average molecular weight is 233 g/mol. The lowest BCUT2D eigenvalue weighted by molar-refractivity contribution is -0.142. The fourth-order valence-corrected chi connectivity index (χ4v) is 1.60. The van der Waals surface area contributed by atoms with E-state index in [4.69, 9.17) is 4.74 Å². The van der Waals surface area contributed by atoms with Crippen LogP contribution in [0.4, 0.5) is 0 Å². The normalized spacial score (nSPS) is 9.59. The van der Waals surface area contributed by atoms with Gasteiger partial charge in [0.05, 0.1) is 13.0 Å². The molecule has 0 fully saturated rings. The number of hydrogen-bond donors (Lipinski definition) is 1. The molecule has 1 aromatic carbocycles. The second-order valence-electron chi connectivity index (χ2n) is 3.36. The quantitative estimate of drug-likeness (QED) is 0.826. The van der Waals surface area contributed by atoms with Crippen LogP contribution in [0, 0.1) is 0 Å². The summed E-state index contributed by atoms with van der Waals surface area (Å²) in [5.41, 5.74) is 1.95. The van der Waals surface area contributed by atoms with E-state index in [0.717, 1.165) is 16.6 Å². The molecule has 2 aromatic rings. The van der Waals surface area contributed by atoms with Gasteiger partial charge in [0, 0.05) is 11.2 Å². The van der Waals surface area contributed by atoms with E-state index in [9.17, 15) is 4.79 Å². The van der Waals surface area contributed by atoms with Gasteiger partial charge in [-0.15, -0.1) is 0 Å². The summed E-state index contributed by atoms with van der Waals surface area (Å²) in [6, 6.07) is 9.92. The molecule has 0 amide bonds. The van der Waals surface area contributed by atoms with Crippen molar-refractivity contribution in [2.45, 2.75) is 27.2 Å². The lowest BCUT2D eigenvalue weighted by Gasteiger charge is -1.98. The molecule has 0 atom stereocenters. The molecular formula is C14H19NO2. The first kappa shape index (κ1) is 13.3. The first-order valence-corrected chi connectivity index (χ1v) is 6.02. The fourth-order valence-electron chi connectivity index (χ4n) is 1.60. The number of para-hydroxylation sites is 1. The Balaban J connectivity index is 0.000000686. The van der Waals surface area contributed by atoms with Crippen molar-refractivity contribution < 1.29 is 9.53 Å². The second kappa shape index (κ2) is 6.74. The van der Waals surface area contributed by atoms with Crippen molar-refractivity contribution in [2.24, 2.45) is 0 Å². The van der Waals surface area contributed by atoms with Crippen LogP contribution in [0.3, 0.4) is 0 Å². The molecule has 0 radical (unpaired) electrons. The molecule has 1 N–H and O–H groups in total. The van der Waals surface area contributed by atoms with Crippen LogP contribution in [-0.2, 0) is 16.0 Å². The Morgan fingerprint density at radius 2 is 2.00 bits per heavy atom. The highest BCUT2D eigenvalue weighted by Gasteiger charge is 2.06. The number of aromatic nitrogens is 1. The first-order valence-electron chi connectivity index (χ1n) is 6.02.